The van der Waals surface area contributed by atoms with Gasteiger partial charge in [-0.05, 0) is 38.5 Å². The number of carbonyl (C=O) groups is 1. The lowest BCUT2D eigenvalue weighted by Gasteiger charge is -2.24. The summed E-state index contributed by atoms with van der Waals surface area (Å²) in [5.41, 5.74) is 1.53. The molecule has 1 aliphatic heterocycles. The standard InChI is InChI=1S/C28H33Cl2N5O4/c1-7-10-31-19-14-35(27(36)39-28(2,3)4)15-20(19)34-26-32-13-17-11-16(8-9-18(17)33-26)23-24(29)21(37-5)12-22(38-6)25(23)30/h7-9,11-13,19-20,31H,1,10,14-15H2,2-6H3,(H,32,33,34). The number of rotatable bonds is 8. The molecule has 9 nitrogen and oxygen atoms in total. The van der Waals surface area contributed by atoms with Gasteiger partial charge in [-0.25, -0.2) is 14.8 Å². The van der Waals surface area contributed by atoms with Crippen molar-refractivity contribution in [2.24, 2.45) is 0 Å². The first kappa shape index (κ1) is 28.7. The van der Waals surface area contributed by atoms with Crippen molar-refractivity contribution in [1.82, 2.24) is 20.2 Å². The number of hydrogen-bond donors (Lipinski definition) is 2. The number of aromatic nitrogens is 2. The third kappa shape index (κ3) is 6.49. The van der Waals surface area contributed by atoms with Gasteiger partial charge in [-0.2, -0.15) is 0 Å². The van der Waals surface area contributed by atoms with E-state index in [4.69, 9.17) is 42.4 Å². The SMILES string of the molecule is C=CCNC1CN(C(=O)OC(C)(C)C)CC1Nc1ncc2cc(-c3c(Cl)c(OC)cc(OC)c3Cl)ccc2n1. The van der Waals surface area contributed by atoms with Crippen molar-refractivity contribution in [3.63, 3.8) is 0 Å². The summed E-state index contributed by atoms with van der Waals surface area (Å²) in [4.78, 5) is 23.6. The molecule has 2 unspecified atom stereocenters. The number of ether oxygens (including phenoxy) is 3. The molecule has 1 aromatic heterocycles. The van der Waals surface area contributed by atoms with Crippen molar-refractivity contribution in [1.29, 1.82) is 0 Å². The van der Waals surface area contributed by atoms with Crippen LogP contribution >= 0.6 is 23.2 Å². The summed E-state index contributed by atoms with van der Waals surface area (Å²) in [6.45, 7) is 10.9. The van der Waals surface area contributed by atoms with E-state index in [9.17, 15) is 4.79 Å². The van der Waals surface area contributed by atoms with Crippen LogP contribution in [0.4, 0.5) is 10.7 Å². The molecule has 2 N–H and O–H groups in total. The van der Waals surface area contributed by atoms with Gasteiger partial charge < -0.3 is 29.7 Å². The molecule has 0 radical (unpaired) electrons. The van der Waals surface area contributed by atoms with Crippen LogP contribution in [0, 0.1) is 0 Å². The fraction of sp³-hybridized carbons (Fsp3) is 0.393. The van der Waals surface area contributed by atoms with Crippen molar-refractivity contribution in [2.45, 2.75) is 38.5 Å². The molecule has 0 saturated carbocycles. The molecule has 3 aromatic rings. The summed E-state index contributed by atoms with van der Waals surface area (Å²) in [7, 11) is 3.07. The lowest BCUT2D eigenvalue weighted by molar-refractivity contribution is 0.0290. The van der Waals surface area contributed by atoms with Crippen LogP contribution in [0.25, 0.3) is 22.0 Å². The lowest BCUT2D eigenvalue weighted by Crippen LogP contribution is -2.43. The highest BCUT2D eigenvalue weighted by molar-refractivity contribution is 6.41. The van der Waals surface area contributed by atoms with Gasteiger partial charge in [-0.15, -0.1) is 6.58 Å². The predicted octanol–water partition coefficient (Wildman–Crippen LogP) is 5.80. The summed E-state index contributed by atoms with van der Waals surface area (Å²) < 4.78 is 16.4. The molecule has 208 valence electrons. The molecule has 0 bridgehead atoms. The monoisotopic (exact) mass is 573 g/mol. The largest absolute Gasteiger partial charge is 0.495 e. The van der Waals surface area contributed by atoms with E-state index >= 15 is 0 Å². The Bertz CT molecular complexity index is 1350. The Morgan fingerprint density at radius 3 is 2.41 bits per heavy atom. The fourth-order valence-corrected chi connectivity index (χ4v) is 5.15. The smallest absolute Gasteiger partial charge is 0.410 e. The molecule has 0 aliphatic carbocycles. The van der Waals surface area contributed by atoms with E-state index < -0.39 is 5.60 Å². The molecule has 2 heterocycles. The Labute approximate surface area is 238 Å². The Kier molecular flexibility index (Phi) is 8.73. The summed E-state index contributed by atoms with van der Waals surface area (Å²) in [6, 6.07) is 7.17. The summed E-state index contributed by atoms with van der Waals surface area (Å²) in [5, 5.41) is 8.37. The first-order valence-electron chi connectivity index (χ1n) is 12.5. The highest BCUT2D eigenvalue weighted by Gasteiger charge is 2.37. The number of fused-ring (bicyclic) bond motifs is 1. The number of benzene rings is 2. The summed E-state index contributed by atoms with van der Waals surface area (Å²) >= 11 is 13.2. The average molecular weight is 575 g/mol. The third-order valence-corrected chi connectivity index (χ3v) is 7.00. The van der Waals surface area contributed by atoms with E-state index in [2.05, 4.69) is 22.2 Å². The van der Waals surface area contributed by atoms with Crippen LogP contribution in [-0.4, -0.2) is 72.5 Å². The molecule has 2 aromatic carbocycles. The van der Waals surface area contributed by atoms with Crippen LogP contribution in [0.1, 0.15) is 20.8 Å². The van der Waals surface area contributed by atoms with E-state index in [1.54, 1.807) is 23.2 Å². The van der Waals surface area contributed by atoms with Gasteiger partial charge in [0.05, 0.1) is 35.8 Å². The molecule has 4 rings (SSSR count). The highest BCUT2D eigenvalue weighted by Crippen LogP contribution is 2.46. The maximum absolute atomic E-state index is 12.7. The molecule has 39 heavy (non-hydrogen) atoms. The first-order chi connectivity index (χ1) is 18.5. The number of methoxy groups -OCH3 is 2. The second kappa shape index (κ2) is 11.9. The molecule has 1 aliphatic rings. The van der Waals surface area contributed by atoms with Crippen LogP contribution in [0.15, 0.2) is 43.1 Å². The Hall–Kier alpha value is -3.27. The molecule has 1 saturated heterocycles. The minimum atomic E-state index is -0.572. The molecular weight excluding hydrogens is 541 g/mol. The van der Waals surface area contributed by atoms with E-state index in [0.717, 1.165) is 16.5 Å². The zero-order valence-corrected chi connectivity index (χ0v) is 24.2. The average Bonchev–Trinajstić information content (AvgIpc) is 3.29. The van der Waals surface area contributed by atoms with Crippen LogP contribution < -0.4 is 20.1 Å². The quantitative estimate of drug-likeness (QED) is 0.326. The fourth-order valence-electron chi connectivity index (χ4n) is 4.43. The van der Waals surface area contributed by atoms with Crippen LogP contribution in [-0.2, 0) is 4.74 Å². The van der Waals surface area contributed by atoms with Gasteiger partial charge in [0.1, 0.15) is 17.1 Å². The number of likely N-dealkylation sites (tertiary alicyclic amines) is 1. The van der Waals surface area contributed by atoms with Gasteiger partial charge >= 0.3 is 6.09 Å². The van der Waals surface area contributed by atoms with Crippen LogP contribution in [0.2, 0.25) is 10.0 Å². The van der Waals surface area contributed by atoms with Crippen LogP contribution in [0.5, 0.6) is 11.5 Å². The van der Waals surface area contributed by atoms with Crippen molar-refractivity contribution in [3.8, 4) is 22.6 Å². The third-order valence-electron chi connectivity index (χ3n) is 6.25. The van der Waals surface area contributed by atoms with Gasteiger partial charge in [0.15, 0.2) is 0 Å². The molecule has 0 spiro atoms. The van der Waals surface area contributed by atoms with Crippen molar-refractivity contribution in [2.75, 3.05) is 39.2 Å². The van der Waals surface area contributed by atoms with E-state index in [1.807, 2.05) is 39.0 Å². The van der Waals surface area contributed by atoms with Crippen molar-refractivity contribution in [3.05, 3.63) is 53.2 Å². The number of carbonyl (C=O) groups excluding carboxylic acids is 1. The normalized spacial score (nSPS) is 17.3. The summed E-state index contributed by atoms with van der Waals surface area (Å²) in [5.74, 6) is 1.37. The molecule has 11 heteroatoms. The number of halogens is 2. The number of nitrogens with one attached hydrogen (secondary N) is 2. The summed E-state index contributed by atoms with van der Waals surface area (Å²) in [6.07, 6.45) is 3.17. The van der Waals surface area contributed by atoms with Gasteiger partial charge in [-0.3, -0.25) is 0 Å². The van der Waals surface area contributed by atoms with Gasteiger partial charge in [0.2, 0.25) is 5.95 Å². The topological polar surface area (TPSA) is 97.8 Å². The maximum Gasteiger partial charge on any atom is 0.410 e. The van der Waals surface area contributed by atoms with E-state index in [1.165, 1.54) is 14.2 Å². The second-order valence-electron chi connectivity index (χ2n) is 10.2. The highest BCUT2D eigenvalue weighted by atomic mass is 35.5. The minimum Gasteiger partial charge on any atom is -0.495 e. The zero-order valence-electron chi connectivity index (χ0n) is 22.7. The van der Waals surface area contributed by atoms with E-state index in [0.29, 0.717) is 52.7 Å². The second-order valence-corrected chi connectivity index (χ2v) is 10.9. The van der Waals surface area contributed by atoms with Gasteiger partial charge in [-0.1, -0.05) is 35.3 Å². The first-order valence-corrected chi connectivity index (χ1v) is 13.3. The molecule has 1 fully saturated rings. The molecule has 2 atom stereocenters. The van der Waals surface area contributed by atoms with Crippen molar-refractivity contribution >= 4 is 46.1 Å². The number of hydrogen-bond acceptors (Lipinski definition) is 8. The Balaban J connectivity index is 1.59. The molecular formula is C28H33Cl2N5O4. The number of amides is 1. The van der Waals surface area contributed by atoms with Crippen LogP contribution in [0.3, 0.4) is 0 Å². The Morgan fingerprint density at radius 1 is 1.13 bits per heavy atom. The predicted molar refractivity (Wildman–Crippen MR) is 155 cm³/mol. The Morgan fingerprint density at radius 2 is 1.79 bits per heavy atom. The van der Waals surface area contributed by atoms with E-state index in [-0.39, 0.29) is 18.2 Å². The number of nitrogens with zero attached hydrogens (tertiary/aromatic N) is 3. The maximum atomic E-state index is 12.7. The van der Waals surface area contributed by atoms with Crippen molar-refractivity contribution < 1.29 is 19.0 Å². The lowest BCUT2D eigenvalue weighted by atomic mass is 10.0. The van der Waals surface area contributed by atoms with Gasteiger partial charge in [0.25, 0.3) is 0 Å². The zero-order chi connectivity index (χ0) is 28.3. The number of anilines is 1. The minimum absolute atomic E-state index is 0.0375. The molecule has 1 amide bonds. The van der Waals surface area contributed by atoms with Gasteiger partial charge in [0, 0.05) is 48.9 Å².